The SMILES string of the molecule is CC(C)(C)c1ccc(N2c3ccc(C(C)(C)C)cc3B3c4cc(C(C)(C)C)ccc4N(c4ccc(C(C)(C)C)cc4)c4cc(-n5c6ccccc6c6ccc7c8ccccc8n(-c8ccc(N9c%10ccccc%10C%10(c%11ccccc%11-c%11ccccc%11%10)c%10ccccc%109)cc8)c7c65)cc2c43)cc1. The molecule has 490 valence electrons. The molecule has 19 rings (SSSR count). The average molecular weight is 1300 g/mol. The number of rotatable bonds is 5. The van der Waals surface area contributed by atoms with Crippen LogP contribution in [-0.4, -0.2) is 15.8 Å². The van der Waals surface area contributed by atoms with Gasteiger partial charge in [0.1, 0.15) is 0 Å². The standard InChI is InChI=1S/C95H82BN5/c1-91(2,3)59-37-43-63(44-38-59)98-84-53-41-61(93(7,8)9)55-78(84)96-79-56-62(94(10,11)12)42-54-85(79)99(64-45-39-60(40-46-64)92(4,5)6)87-58-67(57-86(98)88(87)96)101-81-34-22-16-28-71(81)73-52-51-72-70-27-15-21-33-80(70)100(89(72)90(73)101)66-49-47-65(48-50-66)97-82-35-23-19-31-76(82)95(77-32-20-24-36-83(77)97)74-29-17-13-25-68(74)69-26-14-18-30-75(69)95/h13-58H,1-12H3. The van der Waals surface area contributed by atoms with Crippen molar-refractivity contribution in [2.24, 2.45) is 0 Å². The van der Waals surface area contributed by atoms with Gasteiger partial charge in [0.25, 0.3) is 6.71 Å². The molecule has 0 atom stereocenters. The van der Waals surface area contributed by atoms with Crippen molar-refractivity contribution in [2.75, 3.05) is 14.7 Å². The minimum atomic E-state index is -0.492. The van der Waals surface area contributed by atoms with Crippen molar-refractivity contribution in [2.45, 2.75) is 110 Å². The molecule has 15 aromatic rings. The smallest absolute Gasteiger partial charge is 0.252 e. The van der Waals surface area contributed by atoms with E-state index in [1.54, 1.807) is 0 Å². The fourth-order valence-corrected chi connectivity index (χ4v) is 18.0. The van der Waals surface area contributed by atoms with Crippen LogP contribution in [0.4, 0.5) is 51.2 Å². The molecule has 1 spiro atoms. The molecule has 0 saturated heterocycles. The number of hydrogen-bond acceptors (Lipinski definition) is 3. The largest absolute Gasteiger partial charge is 0.311 e. The second-order valence-corrected chi connectivity index (χ2v) is 32.9. The Bertz CT molecular complexity index is 5710. The number of benzene rings is 13. The zero-order valence-corrected chi connectivity index (χ0v) is 59.9. The van der Waals surface area contributed by atoms with Crippen molar-refractivity contribution in [1.29, 1.82) is 0 Å². The molecule has 5 nitrogen and oxygen atoms in total. The highest BCUT2D eigenvalue weighted by atomic mass is 15.2. The zero-order chi connectivity index (χ0) is 69.0. The maximum absolute atomic E-state index is 2.62. The topological polar surface area (TPSA) is 19.6 Å². The fraction of sp³-hybridized carbons (Fsp3) is 0.179. The molecular formula is C95H82BN5. The maximum atomic E-state index is 2.62. The predicted octanol–water partition coefficient (Wildman–Crippen LogP) is 23.3. The van der Waals surface area contributed by atoms with Crippen LogP contribution in [0.1, 0.15) is 128 Å². The summed E-state index contributed by atoms with van der Waals surface area (Å²) in [4.78, 5) is 7.73. The number of anilines is 9. The van der Waals surface area contributed by atoms with Gasteiger partial charge in [-0.1, -0.05) is 265 Å². The Morgan fingerprint density at radius 1 is 0.257 bits per heavy atom. The summed E-state index contributed by atoms with van der Waals surface area (Å²) >= 11 is 0. The molecule has 6 heteroatoms. The molecule has 5 heterocycles. The minimum Gasteiger partial charge on any atom is -0.311 e. The van der Waals surface area contributed by atoms with Crippen molar-refractivity contribution in [3.8, 4) is 22.5 Å². The van der Waals surface area contributed by atoms with Crippen LogP contribution in [0.3, 0.4) is 0 Å². The van der Waals surface area contributed by atoms with Crippen molar-refractivity contribution in [3.05, 3.63) is 324 Å². The number of fused-ring (bicyclic) bond motifs is 20. The monoisotopic (exact) mass is 1300 g/mol. The Morgan fingerprint density at radius 2 is 0.594 bits per heavy atom. The van der Waals surface area contributed by atoms with Crippen molar-refractivity contribution >= 4 is 118 Å². The average Bonchev–Trinajstić information content (AvgIpc) is 0.947. The molecule has 0 fully saturated rings. The lowest BCUT2D eigenvalue weighted by molar-refractivity contribution is 0.590. The van der Waals surface area contributed by atoms with Crippen LogP contribution >= 0.6 is 0 Å². The van der Waals surface area contributed by atoms with Gasteiger partial charge in [-0.2, -0.15) is 0 Å². The van der Waals surface area contributed by atoms with E-state index in [-0.39, 0.29) is 28.4 Å². The second kappa shape index (κ2) is 21.5. The van der Waals surface area contributed by atoms with Crippen molar-refractivity contribution in [1.82, 2.24) is 9.13 Å². The number of nitrogens with zero attached hydrogens (tertiary/aromatic N) is 5. The van der Waals surface area contributed by atoms with E-state index in [0.29, 0.717) is 0 Å². The van der Waals surface area contributed by atoms with E-state index in [2.05, 4.69) is 386 Å². The molecule has 0 bridgehead atoms. The van der Waals surface area contributed by atoms with E-state index in [1.165, 1.54) is 128 Å². The number of para-hydroxylation sites is 4. The first kappa shape index (κ1) is 61.0. The highest BCUT2D eigenvalue weighted by Gasteiger charge is 2.52. The lowest BCUT2D eigenvalue weighted by Gasteiger charge is -2.45. The van der Waals surface area contributed by atoms with Crippen LogP contribution in [0.25, 0.3) is 66.1 Å². The van der Waals surface area contributed by atoms with Crippen LogP contribution in [0.5, 0.6) is 0 Å². The first-order valence-electron chi connectivity index (χ1n) is 36.2. The van der Waals surface area contributed by atoms with E-state index < -0.39 is 5.41 Å². The Balaban J connectivity index is 0.874. The Labute approximate surface area is 594 Å². The van der Waals surface area contributed by atoms with Crippen LogP contribution in [-0.2, 0) is 27.1 Å². The molecular weight excluding hydrogens is 1220 g/mol. The quantitative estimate of drug-likeness (QED) is 0.160. The van der Waals surface area contributed by atoms with Gasteiger partial charge in [-0.05, 0) is 191 Å². The molecule has 1 aliphatic carbocycles. The summed E-state index contributed by atoms with van der Waals surface area (Å²) in [6.07, 6.45) is 0. The first-order chi connectivity index (χ1) is 48.7. The lowest BCUT2D eigenvalue weighted by atomic mass is 9.33. The van der Waals surface area contributed by atoms with Crippen molar-refractivity contribution in [3.63, 3.8) is 0 Å². The number of aromatic nitrogens is 2. The van der Waals surface area contributed by atoms with Gasteiger partial charge < -0.3 is 23.8 Å². The molecule has 0 amide bonds. The molecule has 0 saturated carbocycles. The maximum Gasteiger partial charge on any atom is 0.252 e. The third-order valence-corrected chi connectivity index (χ3v) is 22.9. The van der Waals surface area contributed by atoms with Crippen LogP contribution < -0.4 is 31.1 Å². The summed E-state index contributed by atoms with van der Waals surface area (Å²) in [7, 11) is 0. The predicted molar refractivity (Wildman–Crippen MR) is 429 cm³/mol. The third-order valence-electron chi connectivity index (χ3n) is 22.9. The molecule has 101 heavy (non-hydrogen) atoms. The van der Waals surface area contributed by atoms with Gasteiger partial charge in [0.15, 0.2) is 0 Å². The molecule has 2 aromatic heterocycles. The Morgan fingerprint density at radius 3 is 1.02 bits per heavy atom. The molecule has 4 aliphatic rings. The third kappa shape index (κ3) is 8.83. The summed E-state index contributed by atoms with van der Waals surface area (Å²) < 4.78 is 5.18. The van der Waals surface area contributed by atoms with E-state index in [9.17, 15) is 0 Å². The van der Waals surface area contributed by atoms with E-state index in [0.717, 1.165) is 50.5 Å². The van der Waals surface area contributed by atoms with Gasteiger partial charge >= 0.3 is 0 Å². The van der Waals surface area contributed by atoms with Gasteiger partial charge in [0.05, 0.1) is 44.5 Å². The summed E-state index contributed by atoms with van der Waals surface area (Å²) in [5.74, 6) is 0. The lowest BCUT2D eigenvalue weighted by Crippen LogP contribution is -2.61. The Hall–Kier alpha value is -11.1. The van der Waals surface area contributed by atoms with Gasteiger partial charge in [0.2, 0.25) is 0 Å². The summed E-state index contributed by atoms with van der Waals surface area (Å²) in [5.41, 5.74) is 33.6. The summed E-state index contributed by atoms with van der Waals surface area (Å²) in [5, 5.41) is 4.82. The number of hydrogen-bond donors (Lipinski definition) is 0. The first-order valence-corrected chi connectivity index (χ1v) is 36.2. The van der Waals surface area contributed by atoms with Gasteiger partial charge in [-0.3, -0.25) is 0 Å². The van der Waals surface area contributed by atoms with Crippen LogP contribution in [0.2, 0.25) is 0 Å². The summed E-state index contributed by atoms with van der Waals surface area (Å²) in [6.45, 7) is 28.0. The second-order valence-electron chi connectivity index (χ2n) is 32.9. The van der Waals surface area contributed by atoms with Crippen molar-refractivity contribution < 1.29 is 0 Å². The summed E-state index contributed by atoms with van der Waals surface area (Å²) in [6, 6.07) is 108. The molecule has 13 aromatic carbocycles. The highest BCUT2D eigenvalue weighted by Crippen LogP contribution is 2.63. The molecule has 0 N–H and O–H groups in total. The zero-order valence-electron chi connectivity index (χ0n) is 59.9. The highest BCUT2D eigenvalue weighted by molar-refractivity contribution is 7.00. The van der Waals surface area contributed by atoms with E-state index in [4.69, 9.17) is 0 Å². The van der Waals surface area contributed by atoms with Gasteiger partial charge in [-0.25, -0.2) is 0 Å². The van der Waals surface area contributed by atoms with E-state index >= 15 is 0 Å². The minimum absolute atomic E-state index is 0.0273. The molecule has 0 radical (unpaired) electrons. The Kier molecular flexibility index (Phi) is 13.0. The fourth-order valence-electron chi connectivity index (χ4n) is 18.0. The normalized spacial score (nSPS) is 14.3. The van der Waals surface area contributed by atoms with Crippen LogP contribution in [0.15, 0.2) is 279 Å². The van der Waals surface area contributed by atoms with Gasteiger partial charge in [-0.15, -0.1) is 0 Å². The van der Waals surface area contributed by atoms with E-state index in [1.807, 2.05) is 0 Å². The molecule has 0 unspecified atom stereocenters. The van der Waals surface area contributed by atoms with Crippen LogP contribution in [0, 0.1) is 0 Å². The van der Waals surface area contributed by atoms with Gasteiger partial charge in [0, 0.05) is 67.0 Å². The molecule has 3 aliphatic heterocycles.